The van der Waals surface area contributed by atoms with Crippen molar-refractivity contribution in [3.05, 3.63) is 59.2 Å². The molecular weight excluding hydrogens is 461 g/mol. The van der Waals surface area contributed by atoms with Gasteiger partial charge < -0.3 is 14.7 Å². The average molecular weight is 487 g/mol. The highest BCUT2D eigenvalue weighted by Gasteiger charge is 2.32. The van der Waals surface area contributed by atoms with Crippen molar-refractivity contribution < 1.29 is 36.2 Å². The number of nitrogens with zero attached hydrogens (tertiary/aromatic N) is 2. The molecule has 0 amide bonds. The van der Waals surface area contributed by atoms with Crippen LogP contribution in [0.25, 0.3) is 0 Å². The molecule has 33 heavy (non-hydrogen) atoms. The Morgan fingerprint density at radius 3 is 2.21 bits per heavy atom. The summed E-state index contributed by atoms with van der Waals surface area (Å²) in [6.07, 6.45) is -4.74. The van der Waals surface area contributed by atoms with Gasteiger partial charge in [0, 0.05) is 38.5 Å². The Morgan fingerprint density at radius 2 is 1.67 bits per heavy atom. The number of carboxylic acid groups (broad SMARTS) is 1. The van der Waals surface area contributed by atoms with Gasteiger partial charge in [-0.25, -0.2) is 8.42 Å². The van der Waals surface area contributed by atoms with Gasteiger partial charge in [-0.15, -0.1) is 0 Å². The first kappa shape index (κ1) is 25.0. The number of halogens is 3. The maximum absolute atomic E-state index is 13.2. The van der Waals surface area contributed by atoms with Crippen LogP contribution in [0.1, 0.15) is 23.6 Å². The molecule has 0 bridgehead atoms. The van der Waals surface area contributed by atoms with Crippen molar-refractivity contribution in [1.82, 2.24) is 4.31 Å². The van der Waals surface area contributed by atoms with Crippen molar-refractivity contribution in [3.8, 4) is 0 Å². The molecule has 0 saturated carbocycles. The summed E-state index contributed by atoms with van der Waals surface area (Å²) in [5, 5.41) is 9.19. The molecule has 11 heteroatoms. The predicted octanol–water partition coefficient (Wildman–Crippen LogP) is 3.38. The van der Waals surface area contributed by atoms with Gasteiger partial charge in [0.15, 0.2) is 0 Å². The number of alkyl halides is 3. The minimum absolute atomic E-state index is 0.00183. The van der Waals surface area contributed by atoms with Crippen molar-refractivity contribution in [2.75, 3.05) is 37.7 Å². The van der Waals surface area contributed by atoms with E-state index in [-0.39, 0.29) is 31.0 Å². The van der Waals surface area contributed by atoms with Crippen molar-refractivity contribution in [2.24, 2.45) is 0 Å². The van der Waals surface area contributed by atoms with Crippen LogP contribution in [0.5, 0.6) is 0 Å². The highest BCUT2D eigenvalue weighted by molar-refractivity contribution is 7.89. The topological polar surface area (TPSA) is 87.2 Å². The Labute approximate surface area is 190 Å². The second-order valence-corrected chi connectivity index (χ2v) is 9.51. The summed E-state index contributed by atoms with van der Waals surface area (Å²) < 4.78 is 71.2. The lowest BCUT2D eigenvalue weighted by atomic mass is 10.1. The molecule has 3 rings (SSSR count). The summed E-state index contributed by atoms with van der Waals surface area (Å²) in [5.74, 6) is -1.08. The molecule has 2 aromatic carbocycles. The van der Waals surface area contributed by atoms with E-state index in [2.05, 4.69) is 0 Å². The molecule has 1 heterocycles. The maximum Gasteiger partial charge on any atom is 0.416 e. The number of aliphatic carboxylic acids is 1. The van der Waals surface area contributed by atoms with Gasteiger partial charge in [0.2, 0.25) is 10.0 Å². The number of carbonyl (C=O) groups is 1. The van der Waals surface area contributed by atoms with E-state index in [0.717, 1.165) is 12.1 Å². The lowest BCUT2D eigenvalue weighted by Gasteiger charge is -2.35. The largest absolute Gasteiger partial charge is 0.481 e. The van der Waals surface area contributed by atoms with Crippen molar-refractivity contribution in [2.45, 2.75) is 31.0 Å². The maximum atomic E-state index is 13.2. The minimum Gasteiger partial charge on any atom is -0.481 e. The first-order valence-electron chi connectivity index (χ1n) is 10.4. The van der Waals surface area contributed by atoms with Crippen molar-refractivity contribution >= 4 is 21.7 Å². The van der Waals surface area contributed by atoms with Crippen molar-refractivity contribution in [1.29, 1.82) is 0 Å². The third-order valence-electron chi connectivity index (χ3n) is 5.42. The number of hydrogen-bond acceptors (Lipinski definition) is 5. The van der Waals surface area contributed by atoms with E-state index < -0.39 is 27.7 Å². The Kier molecular flexibility index (Phi) is 7.65. The number of sulfonamides is 1. The second-order valence-electron chi connectivity index (χ2n) is 7.57. The summed E-state index contributed by atoms with van der Waals surface area (Å²) in [6, 6.07) is 9.15. The van der Waals surface area contributed by atoms with E-state index in [1.807, 2.05) is 4.90 Å². The van der Waals surface area contributed by atoms with Gasteiger partial charge in [-0.3, -0.25) is 4.79 Å². The number of hydrogen-bond donors (Lipinski definition) is 1. The van der Waals surface area contributed by atoms with Crippen LogP contribution in [-0.4, -0.2) is 56.6 Å². The van der Waals surface area contributed by atoms with Crippen LogP contribution in [0.15, 0.2) is 47.4 Å². The Bertz CT molecular complexity index is 1080. The molecule has 0 spiro atoms. The molecule has 0 unspecified atom stereocenters. The lowest BCUT2D eigenvalue weighted by Crippen LogP contribution is -2.48. The Balaban J connectivity index is 1.73. The molecular formula is C22H25F3N2O5S. The monoisotopic (exact) mass is 486 g/mol. The zero-order valence-corrected chi connectivity index (χ0v) is 18.8. The summed E-state index contributed by atoms with van der Waals surface area (Å²) >= 11 is 0. The second kappa shape index (κ2) is 10.1. The van der Waals surface area contributed by atoms with Gasteiger partial charge in [-0.2, -0.15) is 17.5 Å². The van der Waals surface area contributed by atoms with E-state index in [1.54, 1.807) is 13.0 Å². The number of benzene rings is 2. The zero-order chi connectivity index (χ0) is 24.2. The number of carboxylic acids is 1. The summed E-state index contributed by atoms with van der Waals surface area (Å²) in [7, 11) is -3.87. The van der Waals surface area contributed by atoms with Crippen LogP contribution in [0.4, 0.5) is 18.9 Å². The van der Waals surface area contributed by atoms with Gasteiger partial charge in [0.1, 0.15) is 0 Å². The van der Waals surface area contributed by atoms with E-state index in [1.165, 1.54) is 28.6 Å². The fourth-order valence-electron chi connectivity index (χ4n) is 3.64. The van der Waals surface area contributed by atoms with Crippen LogP contribution in [-0.2, 0) is 38.8 Å². The van der Waals surface area contributed by atoms with Crippen LogP contribution in [0.2, 0.25) is 0 Å². The number of piperazine rings is 1. The molecule has 2 aromatic rings. The van der Waals surface area contributed by atoms with Crippen LogP contribution >= 0.6 is 0 Å². The van der Waals surface area contributed by atoms with Crippen LogP contribution < -0.4 is 4.90 Å². The highest BCUT2D eigenvalue weighted by Crippen LogP contribution is 2.31. The molecule has 0 atom stereocenters. The molecule has 0 aliphatic carbocycles. The molecule has 7 nitrogen and oxygen atoms in total. The van der Waals surface area contributed by atoms with E-state index >= 15 is 0 Å². The smallest absolute Gasteiger partial charge is 0.416 e. The summed E-state index contributed by atoms with van der Waals surface area (Å²) in [4.78, 5) is 13.1. The molecule has 180 valence electrons. The summed E-state index contributed by atoms with van der Waals surface area (Å²) in [5.41, 5.74) is 0.840. The molecule has 1 saturated heterocycles. The molecule has 0 aromatic heterocycles. The lowest BCUT2D eigenvalue weighted by molar-refractivity contribution is -0.138. The standard InChI is InChI=1S/C22H25F3N2O5S/c1-2-32-15-16-3-8-20(13-17(16)14-21(28)29)33(30,31)27-11-9-26(10-12-27)19-6-4-18(5-7-19)22(23,24)25/h3-8,13H,2,9-12,14-15H2,1H3,(H,28,29). The minimum atomic E-state index is -4.41. The van der Waals surface area contributed by atoms with Gasteiger partial charge in [0.25, 0.3) is 0 Å². The molecule has 1 aliphatic rings. The quantitative estimate of drug-likeness (QED) is 0.616. The van der Waals surface area contributed by atoms with Gasteiger partial charge in [0.05, 0.1) is 23.5 Å². The number of anilines is 1. The molecule has 1 fully saturated rings. The fraction of sp³-hybridized carbons (Fsp3) is 0.409. The van der Waals surface area contributed by atoms with Crippen LogP contribution in [0.3, 0.4) is 0 Å². The normalized spacial score (nSPS) is 15.6. The predicted molar refractivity (Wildman–Crippen MR) is 116 cm³/mol. The third kappa shape index (κ3) is 6.04. The van der Waals surface area contributed by atoms with Gasteiger partial charge in [-0.1, -0.05) is 6.07 Å². The third-order valence-corrected chi connectivity index (χ3v) is 7.31. The average Bonchev–Trinajstić information content (AvgIpc) is 2.77. The summed E-state index contributed by atoms with van der Waals surface area (Å²) in [6.45, 7) is 3.36. The molecule has 1 N–H and O–H groups in total. The Morgan fingerprint density at radius 1 is 1.03 bits per heavy atom. The fourth-order valence-corrected chi connectivity index (χ4v) is 5.11. The number of rotatable bonds is 8. The highest BCUT2D eigenvalue weighted by atomic mass is 32.2. The first-order valence-corrected chi connectivity index (χ1v) is 11.8. The molecule has 0 radical (unpaired) electrons. The molecule has 1 aliphatic heterocycles. The van der Waals surface area contributed by atoms with E-state index in [9.17, 15) is 31.5 Å². The SMILES string of the molecule is CCOCc1ccc(S(=O)(=O)N2CCN(c3ccc(C(F)(F)F)cc3)CC2)cc1CC(=O)O. The van der Waals surface area contributed by atoms with E-state index in [4.69, 9.17) is 4.74 Å². The zero-order valence-electron chi connectivity index (χ0n) is 18.0. The van der Waals surface area contributed by atoms with Gasteiger partial charge >= 0.3 is 12.1 Å². The van der Waals surface area contributed by atoms with Gasteiger partial charge in [-0.05, 0) is 54.4 Å². The van der Waals surface area contributed by atoms with Crippen LogP contribution in [0, 0.1) is 0 Å². The van der Waals surface area contributed by atoms with E-state index in [0.29, 0.717) is 36.5 Å². The number of ether oxygens (including phenoxy) is 1. The Hall–Kier alpha value is -2.63. The first-order chi connectivity index (χ1) is 15.5. The van der Waals surface area contributed by atoms with Crippen molar-refractivity contribution in [3.63, 3.8) is 0 Å².